The van der Waals surface area contributed by atoms with Gasteiger partial charge in [0.1, 0.15) is 23.2 Å². The Hall–Kier alpha value is -4.92. The van der Waals surface area contributed by atoms with E-state index in [-0.39, 0.29) is 38.0 Å². The molecule has 300 valence electrons. The van der Waals surface area contributed by atoms with Gasteiger partial charge in [0.25, 0.3) is 5.91 Å². The quantitative estimate of drug-likeness (QED) is 0.343. The van der Waals surface area contributed by atoms with Crippen LogP contribution in [0.15, 0.2) is 72.8 Å². The number of nitrogens with zero attached hydrogens (tertiary/aromatic N) is 3. The summed E-state index contributed by atoms with van der Waals surface area (Å²) in [6.45, 7) is 5.47. The lowest BCUT2D eigenvalue weighted by Gasteiger charge is -2.30. The van der Waals surface area contributed by atoms with E-state index >= 15 is 0 Å². The fourth-order valence-corrected chi connectivity index (χ4v) is 9.55. The second-order valence-corrected chi connectivity index (χ2v) is 18.6. The molecule has 0 aromatic heterocycles. The van der Waals surface area contributed by atoms with Crippen LogP contribution in [0, 0.1) is 5.92 Å². The van der Waals surface area contributed by atoms with E-state index in [0.717, 1.165) is 18.4 Å². The first-order chi connectivity index (χ1) is 26.7. The summed E-state index contributed by atoms with van der Waals surface area (Å²) >= 11 is 0. The Morgan fingerprint density at radius 2 is 1.57 bits per heavy atom. The molecule has 3 heterocycles. The Kier molecular flexibility index (Phi) is 10.9. The van der Waals surface area contributed by atoms with Gasteiger partial charge < -0.3 is 25.2 Å². The third-order valence-electron chi connectivity index (χ3n) is 11.3. The smallest absolute Gasteiger partial charge is 0.408 e. The average molecular weight is 789 g/mol. The zero-order valence-electron chi connectivity index (χ0n) is 32.2. The van der Waals surface area contributed by atoms with Gasteiger partial charge in [-0.05, 0) is 83.4 Å². The number of nitrogens with one attached hydrogen (secondary N) is 3. The van der Waals surface area contributed by atoms with E-state index in [2.05, 4.69) is 15.4 Å². The second kappa shape index (κ2) is 15.5. The number of urea groups is 1. The fraction of sp³-hybridized carbons (Fsp3) is 0.537. The number of hydrogen-bond donors (Lipinski definition) is 3. The van der Waals surface area contributed by atoms with E-state index in [9.17, 15) is 32.4 Å². The maximum atomic E-state index is 14.7. The van der Waals surface area contributed by atoms with Crippen molar-refractivity contribution >= 4 is 45.6 Å². The summed E-state index contributed by atoms with van der Waals surface area (Å²) in [5.41, 5.74) is -0.710. The normalized spacial score (nSPS) is 29.3. The summed E-state index contributed by atoms with van der Waals surface area (Å²) < 4.78 is 33.6. The van der Waals surface area contributed by atoms with Crippen molar-refractivity contribution in [1.82, 2.24) is 25.2 Å². The molecule has 5 aliphatic rings. The first-order valence-electron chi connectivity index (χ1n) is 19.7. The fourth-order valence-electron chi connectivity index (χ4n) is 8.19. The summed E-state index contributed by atoms with van der Waals surface area (Å²) in [5.74, 6) is -2.37. The molecule has 0 radical (unpaired) electrons. The number of hydrogen-bond acceptors (Lipinski definition) is 8. The monoisotopic (exact) mass is 788 g/mol. The minimum atomic E-state index is -3.91. The van der Waals surface area contributed by atoms with Crippen LogP contribution >= 0.6 is 0 Å². The number of allylic oxidation sites excluding steroid dienone is 1. The van der Waals surface area contributed by atoms with Crippen LogP contribution in [-0.2, 0) is 29.1 Å². The Morgan fingerprint density at radius 3 is 2.25 bits per heavy atom. The van der Waals surface area contributed by atoms with Gasteiger partial charge in [0, 0.05) is 24.7 Å². The zero-order chi connectivity index (χ0) is 39.8. The lowest BCUT2D eigenvalue weighted by molar-refractivity contribution is -0.141. The number of benzene rings is 2. The van der Waals surface area contributed by atoms with Gasteiger partial charge in [0.2, 0.25) is 21.8 Å². The Bertz CT molecular complexity index is 1970. The van der Waals surface area contributed by atoms with Gasteiger partial charge in [-0.25, -0.2) is 18.0 Å². The number of carbonyl (C=O) groups is 5. The lowest BCUT2D eigenvalue weighted by Crippen LogP contribution is -2.58. The third kappa shape index (κ3) is 8.42. The lowest BCUT2D eigenvalue weighted by atomic mass is 10.0. The summed E-state index contributed by atoms with van der Waals surface area (Å²) in [6.07, 6.45) is 7.36. The van der Waals surface area contributed by atoms with Crippen LogP contribution < -0.4 is 20.3 Å². The van der Waals surface area contributed by atoms with E-state index in [1.54, 1.807) is 30.6 Å². The predicted octanol–water partition coefficient (Wildman–Crippen LogP) is 4.54. The summed E-state index contributed by atoms with van der Waals surface area (Å²) in [7, 11) is -3.91. The molecule has 3 aliphatic heterocycles. The number of ether oxygens (including phenoxy) is 1. The SMILES string of the molecule is CC(C)(C)OC(=O)NC1CCCCC/C=C/C2CC2(C(=O)NS(=O)(=O)C2CC2)NC(=O)C2C[C@@H](N3CC(c4ccccc4)N(c4ccccc4)C3=O)CN2C1=O. The molecule has 56 heavy (non-hydrogen) atoms. The third-order valence-corrected chi connectivity index (χ3v) is 13.2. The molecule has 2 aromatic rings. The van der Waals surface area contributed by atoms with Gasteiger partial charge in [0.15, 0.2) is 0 Å². The molecule has 14 nitrogen and oxygen atoms in total. The van der Waals surface area contributed by atoms with Gasteiger partial charge in [-0.15, -0.1) is 0 Å². The maximum Gasteiger partial charge on any atom is 0.408 e. The van der Waals surface area contributed by atoms with Crippen molar-refractivity contribution in [1.29, 1.82) is 0 Å². The molecule has 2 saturated carbocycles. The van der Waals surface area contributed by atoms with Crippen molar-refractivity contribution in [2.24, 2.45) is 5.92 Å². The molecule has 2 aliphatic carbocycles. The largest absolute Gasteiger partial charge is 0.444 e. The molecule has 6 amide bonds. The maximum absolute atomic E-state index is 14.7. The van der Waals surface area contributed by atoms with Gasteiger partial charge >= 0.3 is 12.1 Å². The van der Waals surface area contributed by atoms with Crippen molar-refractivity contribution in [2.75, 3.05) is 18.0 Å². The Balaban J connectivity index is 1.22. The molecule has 6 atom stereocenters. The Labute approximate surface area is 328 Å². The highest BCUT2D eigenvalue weighted by Gasteiger charge is 2.62. The molecular weight excluding hydrogens is 737 g/mol. The van der Waals surface area contributed by atoms with E-state index in [1.807, 2.05) is 72.8 Å². The van der Waals surface area contributed by atoms with E-state index in [4.69, 9.17) is 4.74 Å². The minimum Gasteiger partial charge on any atom is -0.444 e. The molecular formula is C41H52N6O8S. The second-order valence-electron chi connectivity index (χ2n) is 16.7. The van der Waals surface area contributed by atoms with Gasteiger partial charge in [-0.3, -0.25) is 24.0 Å². The number of carbonyl (C=O) groups excluding carboxylic acids is 5. The highest BCUT2D eigenvalue weighted by molar-refractivity contribution is 7.91. The van der Waals surface area contributed by atoms with E-state index in [1.165, 1.54) is 4.90 Å². The number of para-hydroxylation sites is 1. The molecule has 5 unspecified atom stereocenters. The number of sulfonamides is 1. The number of anilines is 1. The first kappa shape index (κ1) is 39.3. The van der Waals surface area contributed by atoms with Crippen LogP contribution in [0.25, 0.3) is 0 Å². The van der Waals surface area contributed by atoms with Crippen LogP contribution in [0.5, 0.6) is 0 Å². The molecule has 3 N–H and O–H groups in total. The molecule has 2 aromatic carbocycles. The van der Waals surface area contributed by atoms with Crippen molar-refractivity contribution in [3.05, 3.63) is 78.4 Å². The van der Waals surface area contributed by atoms with Crippen molar-refractivity contribution in [3.8, 4) is 0 Å². The van der Waals surface area contributed by atoms with Gasteiger partial charge in [-0.1, -0.05) is 73.5 Å². The highest BCUT2D eigenvalue weighted by atomic mass is 32.2. The molecule has 4 fully saturated rings. The molecule has 0 bridgehead atoms. The van der Waals surface area contributed by atoms with E-state index < -0.39 is 74.3 Å². The molecule has 15 heteroatoms. The van der Waals surface area contributed by atoms with Crippen LogP contribution in [0.2, 0.25) is 0 Å². The van der Waals surface area contributed by atoms with Crippen LogP contribution in [0.4, 0.5) is 15.3 Å². The molecule has 7 rings (SSSR count). The van der Waals surface area contributed by atoms with Gasteiger partial charge in [0.05, 0.1) is 17.3 Å². The van der Waals surface area contributed by atoms with Crippen molar-refractivity contribution in [3.63, 3.8) is 0 Å². The van der Waals surface area contributed by atoms with Crippen LogP contribution in [-0.4, -0.2) is 95.7 Å². The average Bonchev–Trinajstić information content (AvgIpc) is 4.05. The minimum absolute atomic E-state index is 0.00210. The number of fused-ring (bicyclic) bond motifs is 2. The Morgan fingerprint density at radius 1 is 0.875 bits per heavy atom. The zero-order valence-corrected chi connectivity index (χ0v) is 33.0. The van der Waals surface area contributed by atoms with Crippen molar-refractivity contribution < 1.29 is 37.1 Å². The molecule has 0 spiro atoms. The van der Waals surface area contributed by atoms with Crippen LogP contribution in [0.3, 0.4) is 0 Å². The summed E-state index contributed by atoms with van der Waals surface area (Å²) in [5, 5.41) is 5.03. The van der Waals surface area contributed by atoms with E-state index in [0.29, 0.717) is 37.8 Å². The topological polar surface area (TPSA) is 175 Å². The first-order valence-corrected chi connectivity index (χ1v) is 21.3. The number of alkyl carbamates (subject to hydrolysis) is 1. The number of amides is 6. The molecule has 2 saturated heterocycles. The van der Waals surface area contributed by atoms with Crippen molar-refractivity contribution in [2.45, 2.75) is 119 Å². The standard InChI is InChI=1S/C41H52N6O8S/c1-40(2,3)55-38(51)42-32-20-14-6-4-5-11-17-28-24-41(28,37(50)44-56(53,54)31-21-22-31)43-35(48)33-23-30(25-46(33)36(32)49)45-26-34(27-15-9-7-10-16-27)47(39(45)52)29-18-12-8-13-19-29/h7-13,15-19,28,30-34H,4-6,14,20-26H2,1-3H3,(H,42,51)(H,43,48)(H,44,50)/b17-11+/t28?,30-,32?,33?,34?,41?/m1/s1. The summed E-state index contributed by atoms with van der Waals surface area (Å²) in [4.78, 5) is 75.5. The summed E-state index contributed by atoms with van der Waals surface area (Å²) in [6, 6.07) is 15.6. The van der Waals surface area contributed by atoms with Gasteiger partial charge in [-0.2, -0.15) is 0 Å². The van der Waals surface area contributed by atoms with Crippen LogP contribution in [0.1, 0.15) is 90.2 Å². The predicted molar refractivity (Wildman–Crippen MR) is 209 cm³/mol. The number of rotatable bonds is 7. The highest BCUT2D eigenvalue weighted by Crippen LogP contribution is 2.46.